The third-order valence-corrected chi connectivity index (χ3v) is 3.31. The molecule has 1 aromatic heterocycles. The molecular weight excluding hydrogens is 266 g/mol. The third-order valence-electron chi connectivity index (χ3n) is 2.67. The van der Waals surface area contributed by atoms with E-state index in [2.05, 4.69) is 65.7 Å². The molecule has 0 radical (unpaired) electrons. The first-order chi connectivity index (χ1) is 7.59. The van der Waals surface area contributed by atoms with E-state index >= 15 is 0 Å². The number of nitrogens with zero attached hydrogens (tertiary/aromatic N) is 1. The standard InChI is InChI=1S/C13H16BrNO/c1-9(2)16-8-11-7-10-5-4-6-12(14)13(10)15(11)3/h4-7,9H,8H2,1-3H3. The van der Waals surface area contributed by atoms with E-state index in [0.717, 1.165) is 4.47 Å². The summed E-state index contributed by atoms with van der Waals surface area (Å²) in [5.74, 6) is 0. The normalized spacial score (nSPS) is 11.6. The zero-order chi connectivity index (χ0) is 11.7. The molecule has 2 aromatic rings. The Morgan fingerprint density at radius 1 is 1.38 bits per heavy atom. The molecule has 0 atom stereocenters. The minimum Gasteiger partial charge on any atom is -0.373 e. The van der Waals surface area contributed by atoms with Crippen LogP contribution in [0.25, 0.3) is 10.9 Å². The second-order valence-corrected chi connectivity index (χ2v) is 5.09. The lowest BCUT2D eigenvalue weighted by atomic mass is 10.2. The average molecular weight is 282 g/mol. The van der Waals surface area contributed by atoms with Crippen LogP contribution in [0.15, 0.2) is 28.7 Å². The fourth-order valence-corrected chi connectivity index (χ4v) is 2.46. The summed E-state index contributed by atoms with van der Waals surface area (Å²) in [7, 11) is 2.08. The third kappa shape index (κ3) is 2.15. The highest BCUT2D eigenvalue weighted by atomic mass is 79.9. The molecule has 16 heavy (non-hydrogen) atoms. The summed E-state index contributed by atoms with van der Waals surface area (Å²) in [6.45, 7) is 4.77. The van der Waals surface area contributed by atoms with Crippen LogP contribution >= 0.6 is 15.9 Å². The van der Waals surface area contributed by atoms with Crippen LogP contribution < -0.4 is 0 Å². The fraction of sp³-hybridized carbons (Fsp3) is 0.385. The molecule has 2 nitrogen and oxygen atoms in total. The molecule has 0 saturated heterocycles. The number of aryl methyl sites for hydroxylation is 1. The highest BCUT2D eigenvalue weighted by molar-refractivity contribution is 9.10. The Hall–Kier alpha value is -0.800. The first kappa shape index (κ1) is 11.7. The Kier molecular flexibility index (Phi) is 3.36. The zero-order valence-electron chi connectivity index (χ0n) is 9.83. The van der Waals surface area contributed by atoms with Crippen LogP contribution in [-0.4, -0.2) is 10.7 Å². The topological polar surface area (TPSA) is 14.2 Å². The highest BCUT2D eigenvalue weighted by Crippen LogP contribution is 2.26. The molecule has 0 aliphatic heterocycles. The maximum absolute atomic E-state index is 5.64. The molecule has 0 bridgehead atoms. The van der Waals surface area contributed by atoms with E-state index in [4.69, 9.17) is 4.74 Å². The Labute approximate surface area is 104 Å². The lowest BCUT2D eigenvalue weighted by Crippen LogP contribution is -2.05. The fourth-order valence-electron chi connectivity index (χ4n) is 1.81. The lowest BCUT2D eigenvalue weighted by molar-refractivity contribution is 0.0624. The average Bonchev–Trinajstić information content (AvgIpc) is 2.54. The number of para-hydroxylation sites is 1. The Morgan fingerprint density at radius 2 is 2.12 bits per heavy atom. The second kappa shape index (κ2) is 4.60. The van der Waals surface area contributed by atoms with Gasteiger partial charge in [0, 0.05) is 22.6 Å². The van der Waals surface area contributed by atoms with Crippen molar-refractivity contribution >= 4 is 26.8 Å². The van der Waals surface area contributed by atoms with Crippen molar-refractivity contribution in [1.82, 2.24) is 4.57 Å². The molecule has 0 saturated carbocycles. The molecule has 1 heterocycles. The molecule has 1 aromatic carbocycles. The van der Waals surface area contributed by atoms with Crippen molar-refractivity contribution in [1.29, 1.82) is 0 Å². The number of hydrogen-bond acceptors (Lipinski definition) is 1. The molecule has 0 fully saturated rings. The van der Waals surface area contributed by atoms with Gasteiger partial charge >= 0.3 is 0 Å². The van der Waals surface area contributed by atoms with Gasteiger partial charge < -0.3 is 9.30 Å². The van der Waals surface area contributed by atoms with Crippen LogP contribution in [0.5, 0.6) is 0 Å². The van der Waals surface area contributed by atoms with Crippen LogP contribution in [0.2, 0.25) is 0 Å². The molecule has 0 spiro atoms. The Balaban J connectivity index is 2.40. The number of aromatic nitrogens is 1. The highest BCUT2D eigenvalue weighted by Gasteiger charge is 2.08. The number of halogens is 1. The zero-order valence-corrected chi connectivity index (χ0v) is 11.4. The number of benzene rings is 1. The van der Waals surface area contributed by atoms with Gasteiger partial charge in [0.25, 0.3) is 0 Å². The van der Waals surface area contributed by atoms with Gasteiger partial charge in [0.05, 0.1) is 18.2 Å². The van der Waals surface area contributed by atoms with Crippen LogP contribution in [0, 0.1) is 0 Å². The predicted molar refractivity (Wildman–Crippen MR) is 70.5 cm³/mol. The summed E-state index contributed by atoms with van der Waals surface area (Å²) >= 11 is 3.58. The maximum atomic E-state index is 5.64. The molecule has 0 N–H and O–H groups in total. The Morgan fingerprint density at radius 3 is 2.75 bits per heavy atom. The summed E-state index contributed by atoms with van der Waals surface area (Å²) in [5, 5.41) is 1.25. The molecular formula is C13H16BrNO. The van der Waals surface area contributed by atoms with Crippen molar-refractivity contribution in [3.8, 4) is 0 Å². The molecule has 0 aliphatic rings. The number of rotatable bonds is 3. The number of ether oxygens (including phenoxy) is 1. The second-order valence-electron chi connectivity index (χ2n) is 4.23. The molecule has 0 amide bonds. The van der Waals surface area contributed by atoms with Gasteiger partial charge in [0.2, 0.25) is 0 Å². The van der Waals surface area contributed by atoms with Crippen LogP contribution in [0.4, 0.5) is 0 Å². The van der Waals surface area contributed by atoms with Gasteiger partial charge in [0.15, 0.2) is 0 Å². The predicted octanol–water partition coefficient (Wildman–Crippen LogP) is 3.87. The van der Waals surface area contributed by atoms with Gasteiger partial charge in [-0.05, 0) is 41.9 Å². The minimum atomic E-state index is 0.265. The van der Waals surface area contributed by atoms with Gasteiger partial charge in [-0.3, -0.25) is 0 Å². The number of fused-ring (bicyclic) bond motifs is 1. The summed E-state index contributed by atoms with van der Waals surface area (Å²) in [6.07, 6.45) is 0.265. The van der Waals surface area contributed by atoms with E-state index in [1.165, 1.54) is 16.6 Å². The monoisotopic (exact) mass is 281 g/mol. The van der Waals surface area contributed by atoms with Crippen molar-refractivity contribution in [3.05, 3.63) is 34.4 Å². The first-order valence-electron chi connectivity index (χ1n) is 5.44. The molecule has 0 aliphatic carbocycles. The minimum absolute atomic E-state index is 0.265. The quantitative estimate of drug-likeness (QED) is 0.833. The van der Waals surface area contributed by atoms with E-state index in [1.54, 1.807) is 0 Å². The van der Waals surface area contributed by atoms with E-state index in [0.29, 0.717) is 6.61 Å². The smallest absolute Gasteiger partial charge is 0.0871 e. The maximum Gasteiger partial charge on any atom is 0.0871 e. The molecule has 2 rings (SSSR count). The summed E-state index contributed by atoms with van der Waals surface area (Å²) in [5.41, 5.74) is 2.43. The van der Waals surface area contributed by atoms with Gasteiger partial charge in [-0.25, -0.2) is 0 Å². The number of hydrogen-bond donors (Lipinski definition) is 0. The summed E-state index contributed by atoms with van der Waals surface area (Å²) < 4.78 is 8.95. The Bertz CT molecular complexity index is 502. The van der Waals surface area contributed by atoms with Gasteiger partial charge in [-0.1, -0.05) is 12.1 Å². The van der Waals surface area contributed by atoms with E-state index in [9.17, 15) is 0 Å². The van der Waals surface area contributed by atoms with Gasteiger partial charge in [-0.15, -0.1) is 0 Å². The largest absolute Gasteiger partial charge is 0.373 e. The van der Waals surface area contributed by atoms with Gasteiger partial charge in [0.1, 0.15) is 0 Å². The van der Waals surface area contributed by atoms with E-state index < -0.39 is 0 Å². The van der Waals surface area contributed by atoms with E-state index in [-0.39, 0.29) is 6.10 Å². The van der Waals surface area contributed by atoms with Crippen molar-refractivity contribution in [2.75, 3.05) is 0 Å². The molecule has 86 valence electrons. The van der Waals surface area contributed by atoms with Crippen molar-refractivity contribution in [2.24, 2.45) is 7.05 Å². The van der Waals surface area contributed by atoms with Crippen LogP contribution in [0.3, 0.4) is 0 Å². The lowest BCUT2D eigenvalue weighted by Gasteiger charge is -2.08. The van der Waals surface area contributed by atoms with Crippen LogP contribution in [0.1, 0.15) is 19.5 Å². The van der Waals surface area contributed by atoms with Gasteiger partial charge in [-0.2, -0.15) is 0 Å². The summed E-state index contributed by atoms with van der Waals surface area (Å²) in [6, 6.07) is 8.43. The van der Waals surface area contributed by atoms with Crippen LogP contribution in [-0.2, 0) is 18.4 Å². The van der Waals surface area contributed by atoms with Crippen molar-refractivity contribution < 1.29 is 4.74 Å². The molecule has 0 unspecified atom stereocenters. The SMILES string of the molecule is CC(C)OCc1cc2cccc(Br)c2n1C. The summed E-state index contributed by atoms with van der Waals surface area (Å²) in [4.78, 5) is 0. The van der Waals surface area contributed by atoms with E-state index in [1.807, 2.05) is 0 Å². The van der Waals surface area contributed by atoms with Crippen molar-refractivity contribution in [3.63, 3.8) is 0 Å². The first-order valence-corrected chi connectivity index (χ1v) is 6.23. The molecule has 3 heteroatoms. The van der Waals surface area contributed by atoms with Crippen molar-refractivity contribution in [2.45, 2.75) is 26.6 Å².